The quantitative estimate of drug-likeness (QED) is 0.871. The van der Waals surface area contributed by atoms with Gasteiger partial charge in [0.15, 0.2) is 0 Å². The van der Waals surface area contributed by atoms with Gasteiger partial charge >= 0.3 is 0 Å². The Kier molecular flexibility index (Phi) is 4.64. The molecule has 0 unspecified atom stereocenters. The van der Waals surface area contributed by atoms with Gasteiger partial charge in [-0.2, -0.15) is 5.10 Å². The molecule has 2 rings (SSSR count). The van der Waals surface area contributed by atoms with E-state index in [0.717, 1.165) is 11.1 Å². The second-order valence-corrected chi connectivity index (χ2v) is 6.08. The number of fused-ring (bicyclic) bond motifs is 1. The van der Waals surface area contributed by atoms with Crippen LogP contribution in [0.4, 0.5) is 0 Å². The normalized spacial score (nSPS) is 11.4. The van der Waals surface area contributed by atoms with Crippen LogP contribution in [0.15, 0.2) is 29.1 Å². The molecule has 0 saturated carbocycles. The van der Waals surface area contributed by atoms with Gasteiger partial charge in [-0.3, -0.25) is 9.59 Å². The van der Waals surface area contributed by atoms with Crippen LogP contribution in [0.25, 0.3) is 10.8 Å². The van der Waals surface area contributed by atoms with Gasteiger partial charge in [0.05, 0.1) is 11.1 Å². The molecule has 118 valence electrons. The van der Waals surface area contributed by atoms with Crippen LogP contribution in [0, 0.1) is 6.92 Å². The summed E-state index contributed by atoms with van der Waals surface area (Å²) >= 11 is 0. The zero-order valence-electron chi connectivity index (χ0n) is 13.8. The van der Waals surface area contributed by atoms with Crippen LogP contribution in [0.1, 0.15) is 33.4 Å². The van der Waals surface area contributed by atoms with Gasteiger partial charge in [0.25, 0.3) is 5.56 Å². The van der Waals surface area contributed by atoms with E-state index in [1.165, 1.54) is 4.68 Å². The summed E-state index contributed by atoms with van der Waals surface area (Å²) in [5.74, 6) is -0.0886. The van der Waals surface area contributed by atoms with Crippen molar-refractivity contribution in [2.45, 2.75) is 53.2 Å². The van der Waals surface area contributed by atoms with E-state index < -0.39 is 0 Å². The van der Waals surface area contributed by atoms with E-state index in [9.17, 15) is 9.59 Å². The van der Waals surface area contributed by atoms with Gasteiger partial charge in [-0.15, -0.1) is 0 Å². The molecule has 0 radical (unpaired) electrons. The van der Waals surface area contributed by atoms with E-state index in [1.54, 1.807) is 11.0 Å². The smallest absolute Gasteiger partial charge is 0.275 e. The van der Waals surface area contributed by atoms with E-state index in [0.29, 0.717) is 5.39 Å². The standard InChI is InChI=1S/C17H23N3O2/c1-11(2)20(12(3)4)16(21)10-19-17(22)15-9-7-6-8-14(15)13(5)18-19/h6-9,11-12H,10H2,1-5H3. The summed E-state index contributed by atoms with van der Waals surface area (Å²) in [6.07, 6.45) is 0. The Morgan fingerprint density at radius 3 is 2.23 bits per heavy atom. The van der Waals surface area contributed by atoms with E-state index in [-0.39, 0.29) is 30.1 Å². The number of amides is 1. The van der Waals surface area contributed by atoms with E-state index in [1.807, 2.05) is 52.8 Å². The van der Waals surface area contributed by atoms with Gasteiger partial charge in [-0.25, -0.2) is 4.68 Å². The number of carbonyl (C=O) groups is 1. The molecule has 0 atom stereocenters. The Balaban J connectivity index is 2.42. The van der Waals surface area contributed by atoms with Gasteiger partial charge in [-0.1, -0.05) is 18.2 Å². The van der Waals surface area contributed by atoms with Crippen LogP contribution in [-0.4, -0.2) is 32.7 Å². The predicted octanol–water partition coefficient (Wildman–Crippen LogP) is 2.35. The molecule has 0 aliphatic carbocycles. The van der Waals surface area contributed by atoms with Crippen LogP contribution >= 0.6 is 0 Å². The number of benzene rings is 1. The van der Waals surface area contributed by atoms with E-state index in [4.69, 9.17) is 0 Å². The highest BCUT2D eigenvalue weighted by molar-refractivity contribution is 5.83. The molecule has 0 bridgehead atoms. The molecule has 2 aromatic rings. The first-order valence-corrected chi connectivity index (χ1v) is 7.60. The van der Waals surface area contributed by atoms with Crippen LogP contribution in [0.3, 0.4) is 0 Å². The highest BCUT2D eigenvalue weighted by Crippen LogP contribution is 2.12. The number of hydrogen-bond donors (Lipinski definition) is 0. The van der Waals surface area contributed by atoms with Crippen LogP contribution < -0.4 is 5.56 Å². The second kappa shape index (κ2) is 6.30. The molecule has 1 heterocycles. The highest BCUT2D eigenvalue weighted by atomic mass is 16.2. The number of aromatic nitrogens is 2. The van der Waals surface area contributed by atoms with Gasteiger partial charge in [0.2, 0.25) is 5.91 Å². The number of carbonyl (C=O) groups excluding carboxylic acids is 1. The van der Waals surface area contributed by atoms with Crippen molar-refractivity contribution >= 4 is 16.7 Å². The molecular weight excluding hydrogens is 278 g/mol. The number of hydrogen-bond acceptors (Lipinski definition) is 3. The Bertz CT molecular complexity index is 739. The summed E-state index contributed by atoms with van der Waals surface area (Å²) in [4.78, 5) is 26.8. The number of rotatable bonds is 4. The zero-order valence-corrected chi connectivity index (χ0v) is 13.8. The fraction of sp³-hybridized carbons (Fsp3) is 0.471. The van der Waals surface area contributed by atoms with Gasteiger partial charge < -0.3 is 4.90 Å². The van der Waals surface area contributed by atoms with Gasteiger partial charge in [0.1, 0.15) is 6.54 Å². The molecule has 22 heavy (non-hydrogen) atoms. The van der Waals surface area contributed by atoms with Crippen molar-refractivity contribution < 1.29 is 4.79 Å². The van der Waals surface area contributed by atoms with E-state index >= 15 is 0 Å². The summed E-state index contributed by atoms with van der Waals surface area (Å²) in [7, 11) is 0. The van der Waals surface area contributed by atoms with Crippen molar-refractivity contribution in [3.8, 4) is 0 Å². The summed E-state index contributed by atoms with van der Waals surface area (Å²) in [6, 6.07) is 7.53. The van der Waals surface area contributed by atoms with E-state index in [2.05, 4.69) is 5.10 Å². The molecule has 0 aliphatic heterocycles. The predicted molar refractivity (Wildman–Crippen MR) is 87.9 cm³/mol. The maximum Gasteiger partial charge on any atom is 0.275 e. The molecule has 5 nitrogen and oxygen atoms in total. The molecule has 5 heteroatoms. The number of nitrogens with zero attached hydrogens (tertiary/aromatic N) is 3. The Hall–Kier alpha value is -2.17. The molecular formula is C17H23N3O2. The van der Waals surface area contributed by atoms with Crippen LogP contribution in [0.5, 0.6) is 0 Å². The third-order valence-electron chi connectivity index (χ3n) is 3.74. The summed E-state index contributed by atoms with van der Waals surface area (Å²) in [6.45, 7) is 9.71. The molecule has 1 aromatic heterocycles. The minimum Gasteiger partial charge on any atom is -0.336 e. The number of aryl methyl sites for hydroxylation is 1. The maximum absolute atomic E-state index is 12.5. The lowest BCUT2D eigenvalue weighted by atomic mass is 10.1. The van der Waals surface area contributed by atoms with Gasteiger partial charge in [0, 0.05) is 17.5 Å². The maximum atomic E-state index is 12.5. The molecule has 0 N–H and O–H groups in total. The molecule has 0 spiro atoms. The van der Waals surface area contributed by atoms with Crippen molar-refractivity contribution in [3.63, 3.8) is 0 Å². The monoisotopic (exact) mass is 301 g/mol. The minimum atomic E-state index is -0.220. The highest BCUT2D eigenvalue weighted by Gasteiger charge is 2.21. The Labute approximate surface area is 130 Å². The third kappa shape index (κ3) is 3.03. The molecule has 1 amide bonds. The van der Waals surface area contributed by atoms with Crippen molar-refractivity contribution in [1.82, 2.24) is 14.7 Å². The van der Waals surface area contributed by atoms with Crippen molar-refractivity contribution in [1.29, 1.82) is 0 Å². The fourth-order valence-electron chi connectivity index (χ4n) is 2.89. The molecule has 0 saturated heterocycles. The summed E-state index contributed by atoms with van der Waals surface area (Å²) in [5.41, 5.74) is 0.533. The first-order chi connectivity index (χ1) is 10.3. The average molecular weight is 301 g/mol. The van der Waals surface area contributed by atoms with Crippen LogP contribution in [-0.2, 0) is 11.3 Å². The largest absolute Gasteiger partial charge is 0.336 e. The lowest BCUT2D eigenvalue weighted by Gasteiger charge is -2.30. The minimum absolute atomic E-state index is 0.0269. The van der Waals surface area contributed by atoms with Crippen molar-refractivity contribution in [2.75, 3.05) is 0 Å². The first kappa shape index (κ1) is 16.2. The lowest BCUT2D eigenvalue weighted by molar-refractivity contribution is -0.135. The lowest BCUT2D eigenvalue weighted by Crippen LogP contribution is -2.45. The zero-order chi connectivity index (χ0) is 16.4. The van der Waals surface area contributed by atoms with Crippen molar-refractivity contribution in [3.05, 3.63) is 40.3 Å². The fourth-order valence-corrected chi connectivity index (χ4v) is 2.89. The molecule has 1 aromatic carbocycles. The summed E-state index contributed by atoms with van der Waals surface area (Å²) in [5, 5.41) is 5.73. The van der Waals surface area contributed by atoms with Crippen LogP contribution in [0.2, 0.25) is 0 Å². The SMILES string of the molecule is Cc1nn(CC(=O)N(C(C)C)C(C)C)c(=O)c2ccccc12. The Morgan fingerprint density at radius 2 is 1.68 bits per heavy atom. The second-order valence-electron chi connectivity index (χ2n) is 6.08. The molecule has 0 aliphatic rings. The molecule has 0 fully saturated rings. The Morgan fingerprint density at radius 1 is 1.14 bits per heavy atom. The topological polar surface area (TPSA) is 55.2 Å². The van der Waals surface area contributed by atoms with Gasteiger partial charge in [-0.05, 0) is 40.7 Å². The third-order valence-corrected chi connectivity index (χ3v) is 3.74. The first-order valence-electron chi connectivity index (χ1n) is 7.60. The average Bonchev–Trinajstić information content (AvgIpc) is 2.43. The van der Waals surface area contributed by atoms with Crippen molar-refractivity contribution in [2.24, 2.45) is 0 Å². The summed E-state index contributed by atoms with van der Waals surface area (Å²) < 4.78 is 1.28.